The standard InChI is InChI=1S/C21H16ClF3N6O/c1-13(6-18(32)14-7-15(21(23,24)25)9-16(22)8-14)20-28-11-29-31(20)19-10-17(2-3-27-19)30-5-4-26-12-30/h2-5,7-13H,6H2,1H3/t13-/m1/s1. The first kappa shape index (κ1) is 21.7. The molecule has 0 saturated heterocycles. The van der Waals surface area contributed by atoms with Crippen molar-refractivity contribution in [3.63, 3.8) is 0 Å². The Morgan fingerprint density at radius 3 is 2.69 bits per heavy atom. The molecule has 0 aliphatic heterocycles. The lowest BCUT2D eigenvalue weighted by Crippen LogP contribution is -2.13. The summed E-state index contributed by atoms with van der Waals surface area (Å²) in [6.07, 6.45) is 3.33. The number of pyridine rings is 1. The van der Waals surface area contributed by atoms with Crippen LogP contribution in [0.3, 0.4) is 0 Å². The fraction of sp³-hybridized carbons (Fsp3) is 0.190. The van der Waals surface area contributed by atoms with E-state index in [-0.39, 0.29) is 17.0 Å². The number of benzene rings is 1. The minimum absolute atomic E-state index is 0.0858. The second-order valence-corrected chi connectivity index (χ2v) is 7.56. The number of Topliss-reactive ketones (excluding diaryl/α,β-unsaturated/α-hetero) is 1. The highest BCUT2D eigenvalue weighted by Gasteiger charge is 2.32. The first-order valence-electron chi connectivity index (χ1n) is 9.48. The zero-order valence-electron chi connectivity index (χ0n) is 16.7. The van der Waals surface area contributed by atoms with Crippen LogP contribution in [0.25, 0.3) is 11.5 Å². The maximum Gasteiger partial charge on any atom is 0.416 e. The predicted molar refractivity (Wildman–Crippen MR) is 110 cm³/mol. The van der Waals surface area contributed by atoms with Crippen molar-refractivity contribution in [2.45, 2.75) is 25.4 Å². The highest BCUT2D eigenvalue weighted by molar-refractivity contribution is 6.31. The first-order valence-corrected chi connectivity index (χ1v) is 9.86. The van der Waals surface area contributed by atoms with Crippen molar-refractivity contribution in [1.29, 1.82) is 0 Å². The fourth-order valence-electron chi connectivity index (χ4n) is 3.26. The molecular formula is C21H16ClF3N6O. The number of carbonyl (C=O) groups excluding carboxylic acids is 1. The summed E-state index contributed by atoms with van der Waals surface area (Å²) in [6.45, 7) is 1.74. The van der Waals surface area contributed by atoms with Crippen LogP contribution in [0.4, 0.5) is 13.2 Å². The van der Waals surface area contributed by atoms with E-state index in [9.17, 15) is 18.0 Å². The summed E-state index contributed by atoms with van der Waals surface area (Å²) in [5.41, 5.74) is -0.274. The van der Waals surface area contributed by atoms with Crippen LogP contribution in [-0.4, -0.2) is 35.1 Å². The number of rotatable bonds is 6. The van der Waals surface area contributed by atoms with E-state index in [1.165, 1.54) is 17.1 Å². The molecule has 3 heterocycles. The number of hydrogen-bond acceptors (Lipinski definition) is 5. The molecule has 0 spiro atoms. The van der Waals surface area contributed by atoms with Gasteiger partial charge in [0.05, 0.1) is 17.6 Å². The highest BCUT2D eigenvalue weighted by Crippen LogP contribution is 2.33. The molecule has 1 atom stereocenters. The monoisotopic (exact) mass is 460 g/mol. The summed E-state index contributed by atoms with van der Waals surface area (Å²) in [6, 6.07) is 6.40. The van der Waals surface area contributed by atoms with Gasteiger partial charge in [-0.15, -0.1) is 0 Å². The van der Waals surface area contributed by atoms with Gasteiger partial charge < -0.3 is 4.57 Å². The second kappa shape index (κ2) is 8.54. The van der Waals surface area contributed by atoms with Crippen LogP contribution < -0.4 is 0 Å². The zero-order chi connectivity index (χ0) is 22.9. The summed E-state index contributed by atoms with van der Waals surface area (Å²) >= 11 is 5.81. The molecule has 0 fully saturated rings. The van der Waals surface area contributed by atoms with Crippen molar-refractivity contribution >= 4 is 17.4 Å². The molecule has 3 aromatic heterocycles. The zero-order valence-corrected chi connectivity index (χ0v) is 17.4. The van der Waals surface area contributed by atoms with Gasteiger partial charge >= 0.3 is 6.18 Å². The van der Waals surface area contributed by atoms with Gasteiger partial charge in [0.2, 0.25) is 0 Å². The Bertz CT molecular complexity index is 1250. The number of alkyl halides is 3. The van der Waals surface area contributed by atoms with Crippen molar-refractivity contribution in [2.24, 2.45) is 0 Å². The van der Waals surface area contributed by atoms with E-state index < -0.39 is 23.4 Å². The maximum atomic E-state index is 13.1. The Labute approximate surface area is 185 Å². The minimum atomic E-state index is -4.60. The van der Waals surface area contributed by atoms with Crippen molar-refractivity contribution in [1.82, 2.24) is 29.3 Å². The Kier molecular flexibility index (Phi) is 5.79. The third-order valence-corrected chi connectivity index (χ3v) is 5.02. The average Bonchev–Trinajstić information content (AvgIpc) is 3.45. The van der Waals surface area contributed by atoms with Crippen molar-refractivity contribution in [2.75, 3.05) is 0 Å². The van der Waals surface area contributed by atoms with Gasteiger partial charge in [0.25, 0.3) is 0 Å². The quantitative estimate of drug-likeness (QED) is 0.382. The van der Waals surface area contributed by atoms with Gasteiger partial charge in [-0.1, -0.05) is 18.5 Å². The third-order valence-electron chi connectivity index (χ3n) is 4.80. The van der Waals surface area contributed by atoms with Gasteiger partial charge in [-0.05, 0) is 24.3 Å². The maximum absolute atomic E-state index is 13.1. The van der Waals surface area contributed by atoms with Crippen LogP contribution in [-0.2, 0) is 6.18 Å². The molecule has 7 nitrogen and oxygen atoms in total. The molecule has 32 heavy (non-hydrogen) atoms. The van der Waals surface area contributed by atoms with E-state index in [4.69, 9.17) is 11.6 Å². The Morgan fingerprint density at radius 2 is 1.97 bits per heavy atom. The number of imidazole rings is 1. The van der Waals surface area contributed by atoms with E-state index in [1.54, 1.807) is 48.5 Å². The van der Waals surface area contributed by atoms with Gasteiger partial charge in [0, 0.05) is 47.6 Å². The largest absolute Gasteiger partial charge is 0.416 e. The van der Waals surface area contributed by atoms with Gasteiger partial charge in [0.1, 0.15) is 12.2 Å². The molecule has 0 bridgehead atoms. The van der Waals surface area contributed by atoms with Crippen molar-refractivity contribution in [3.05, 3.63) is 83.6 Å². The van der Waals surface area contributed by atoms with E-state index >= 15 is 0 Å². The Morgan fingerprint density at radius 1 is 1.16 bits per heavy atom. The molecule has 164 valence electrons. The van der Waals surface area contributed by atoms with Crippen LogP contribution >= 0.6 is 11.6 Å². The number of nitrogens with zero attached hydrogens (tertiary/aromatic N) is 6. The molecule has 4 rings (SSSR count). The van der Waals surface area contributed by atoms with Gasteiger partial charge in [-0.25, -0.2) is 15.0 Å². The van der Waals surface area contributed by atoms with Crippen molar-refractivity contribution in [3.8, 4) is 11.5 Å². The number of hydrogen-bond donors (Lipinski definition) is 0. The van der Waals surface area contributed by atoms with Gasteiger partial charge in [0.15, 0.2) is 11.6 Å². The van der Waals surface area contributed by atoms with Gasteiger partial charge in [-0.2, -0.15) is 23.0 Å². The second-order valence-electron chi connectivity index (χ2n) is 7.13. The molecule has 0 aliphatic rings. The number of halogens is 4. The fourth-order valence-corrected chi connectivity index (χ4v) is 3.50. The van der Waals surface area contributed by atoms with E-state index in [0.717, 1.165) is 17.8 Å². The Hall–Kier alpha value is -3.53. The third kappa shape index (κ3) is 4.54. The molecule has 0 N–H and O–H groups in total. The first-order chi connectivity index (χ1) is 15.2. The minimum Gasteiger partial charge on any atom is -0.306 e. The van der Waals surface area contributed by atoms with E-state index in [2.05, 4.69) is 20.1 Å². The highest BCUT2D eigenvalue weighted by atomic mass is 35.5. The molecule has 0 radical (unpaired) electrons. The topological polar surface area (TPSA) is 78.5 Å². The summed E-state index contributed by atoms with van der Waals surface area (Å²) in [5.74, 6) is -0.00555. The average molecular weight is 461 g/mol. The molecule has 4 aromatic rings. The number of aromatic nitrogens is 6. The summed E-state index contributed by atoms with van der Waals surface area (Å²) in [4.78, 5) is 25.3. The molecule has 11 heteroatoms. The lowest BCUT2D eigenvalue weighted by Gasteiger charge is -2.14. The van der Waals surface area contributed by atoms with Crippen LogP contribution in [0.1, 0.15) is 41.0 Å². The van der Waals surface area contributed by atoms with Crippen molar-refractivity contribution < 1.29 is 18.0 Å². The lowest BCUT2D eigenvalue weighted by atomic mass is 9.97. The molecule has 0 unspecified atom stereocenters. The molecule has 0 saturated carbocycles. The number of carbonyl (C=O) groups is 1. The molecule has 1 aromatic carbocycles. The lowest BCUT2D eigenvalue weighted by molar-refractivity contribution is -0.137. The smallest absolute Gasteiger partial charge is 0.306 e. The predicted octanol–water partition coefficient (Wildman–Crippen LogP) is 4.90. The van der Waals surface area contributed by atoms with E-state index in [0.29, 0.717) is 11.6 Å². The Balaban J connectivity index is 1.59. The van der Waals surface area contributed by atoms with Crippen LogP contribution in [0, 0.1) is 0 Å². The van der Waals surface area contributed by atoms with Crippen LogP contribution in [0.5, 0.6) is 0 Å². The summed E-state index contributed by atoms with van der Waals surface area (Å²) < 4.78 is 42.5. The molecule has 0 aliphatic carbocycles. The molecule has 0 amide bonds. The summed E-state index contributed by atoms with van der Waals surface area (Å²) in [5, 5.41) is 4.05. The number of ketones is 1. The molecular weight excluding hydrogens is 445 g/mol. The SMILES string of the molecule is C[C@H](CC(=O)c1cc(Cl)cc(C(F)(F)F)c1)c1ncnn1-c1cc(-n2ccnc2)ccn1. The summed E-state index contributed by atoms with van der Waals surface area (Å²) in [7, 11) is 0. The van der Waals surface area contributed by atoms with E-state index in [1.807, 2.05) is 0 Å². The van der Waals surface area contributed by atoms with Crippen LogP contribution in [0.15, 0.2) is 61.6 Å². The van der Waals surface area contributed by atoms with Gasteiger partial charge in [-0.3, -0.25) is 4.79 Å². The van der Waals surface area contributed by atoms with Crippen LogP contribution in [0.2, 0.25) is 5.02 Å². The normalized spacial score (nSPS) is 12.7.